The van der Waals surface area contributed by atoms with Crippen LogP contribution >= 0.6 is 0 Å². The van der Waals surface area contributed by atoms with Gasteiger partial charge in [0.15, 0.2) is 0 Å². The number of amidine groups is 1. The molecule has 32 heavy (non-hydrogen) atoms. The first kappa shape index (κ1) is 21.5. The van der Waals surface area contributed by atoms with Gasteiger partial charge in [-0.15, -0.1) is 0 Å². The van der Waals surface area contributed by atoms with Gasteiger partial charge in [-0.2, -0.15) is 0 Å². The third-order valence-electron chi connectivity index (χ3n) is 6.18. The summed E-state index contributed by atoms with van der Waals surface area (Å²) >= 11 is 0. The van der Waals surface area contributed by atoms with Gasteiger partial charge in [0, 0.05) is 29.6 Å². The molecule has 1 aliphatic rings. The van der Waals surface area contributed by atoms with Crippen LogP contribution in [-0.4, -0.2) is 35.5 Å². The second-order valence-electron chi connectivity index (χ2n) is 8.27. The molecule has 5 heteroatoms. The molecule has 0 spiro atoms. The average Bonchev–Trinajstić information content (AvgIpc) is 3.32. The third kappa shape index (κ3) is 4.62. The molecular weight excluding hydrogens is 398 g/mol. The van der Waals surface area contributed by atoms with Crippen LogP contribution in [0.1, 0.15) is 34.3 Å². The minimum Gasteiger partial charge on any atom is -0.384 e. The Hall–Kier alpha value is -3.73. The normalized spacial score (nSPS) is 16.5. The van der Waals surface area contributed by atoms with Crippen LogP contribution in [0, 0.1) is 11.3 Å². The van der Waals surface area contributed by atoms with Crippen LogP contribution in [0.2, 0.25) is 0 Å². The first-order chi connectivity index (χ1) is 15.6. The number of rotatable bonds is 7. The molecule has 1 aliphatic heterocycles. The largest absolute Gasteiger partial charge is 0.384 e. The summed E-state index contributed by atoms with van der Waals surface area (Å²) < 4.78 is 0. The highest BCUT2D eigenvalue weighted by Crippen LogP contribution is 2.28. The van der Waals surface area contributed by atoms with E-state index >= 15 is 0 Å². The highest BCUT2D eigenvalue weighted by molar-refractivity contribution is 5.96. The Morgan fingerprint density at radius 3 is 2.41 bits per heavy atom. The molecule has 3 aromatic carbocycles. The van der Waals surface area contributed by atoms with Crippen molar-refractivity contribution >= 4 is 18.0 Å². The molecule has 0 saturated carbocycles. The summed E-state index contributed by atoms with van der Waals surface area (Å²) in [5.41, 5.74) is 10.0. The molecule has 0 radical (unpaired) electrons. The van der Waals surface area contributed by atoms with Crippen LogP contribution in [0.15, 0.2) is 78.9 Å². The minimum atomic E-state index is -0.299. The van der Waals surface area contributed by atoms with Crippen molar-refractivity contribution in [3.63, 3.8) is 0 Å². The lowest BCUT2D eigenvalue weighted by Crippen LogP contribution is -2.41. The average molecular weight is 426 g/mol. The highest BCUT2D eigenvalue weighted by atomic mass is 16.2. The van der Waals surface area contributed by atoms with Crippen molar-refractivity contribution in [2.45, 2.75) is 25.3 Å². The number of aldehydes is 1. The Bertz CT molecular complexity index is 1110. The van der Waals surface area contributed by atoms with Gasteiger partial charge < -0.3 is 15.4 Å². The molecule has 0 aliphatic carbocycles. The third-order valence-corrected chi connectivity index (χ3v) is 6.18. The predicted molar refractivity (Wildman–Crippen MR) is 127 cm³/mol. The van der Waals surface area contributed by atoms with Crippen molar-refractivity contribution in [1.29, 1.82) is 5.41 Å². The number of carbonyl (C=O) groups excluding carboxylic acids is 2. The zero-order valence-corrected chi connectivity index (χ0v) is 17.9. The van der Waals surface area contributed by atoms with Crippen molar-refractivity contribution < 1.29 is 9.59 Å². The van der Waals surface area contributed by atoms with E-state index in [1.54, 1.807) is 6.07 Å². The first-order valence-corrected chi connectivity index (χ1v) is 10.9. The van der Waals surface area contributed by atoms with E-state index in [-0.39, 0.29) is 23.7 Å². The van der Waals surface area contributed by atoms with E-state index in [0.717, 1.165) is 35.8 Å². The Morgan fingerprint density at radius 1 is 1.00 bits per heavy atom. The summed E-state index contributed by atoms with van der Waals surface area (Å²) in [7, 11) is 0. The van der Waals surface area contributed by atoms with Gasteiger partial charge in [0.2, 0.25) is 0 Å². The van der Waals surface area contributed by atoms with E-state index in [0.29, 0.717) is 24.1 Å². The molecule has 1 fully saturated rings. The molecule has 3 aromatic rings. The molecular formula is C27H27N3O2. The minimum absolute atomic E-state index is 0.00567. The van der Waals surface area contributed by atoms with E-state index in [1.807, 2.05) is 77.7 Å². The lowest BCUT2D eigenvalue weighted by molar-refractivity contribution is -0.112. The fourth-order valence-electron chi connectivity index (χ4n) is 4.50. The summed E-state index contributed by atoms with van der Waals surface area (Å²) in [6.07, 6.45) is 3.18. The molecule has 2 unspecified atom stereocenters. The van der Waals surface area contributed by atoms with Crippen LogP contribution in [-0.2, 0) is 11.2 Å². The summed E-state index contributed by atoms with van der Waals surface area (Å²) in [5.74, 6) is -0.324. The number of hydrogen-bond donors (Lipinski definition) is 2. The van der Waals surface area contributed by atoms with Gasteiger partial charge in [-0.25, -0.2) is 0 Å². The number of amides is 1. The maximum absolute atomic E-state index is 13.3. The van der Waals surface area contributed by atoms with Crippen LogP contribution in [0.5, 0.6) is 0 Å². The number of nitrogens with zero attached hydrogens (tertiary/aromatic N) is 1. The molecule has 0 aromatic heterocycles. The summed E-state index contributed by atoms with van der Waals surface area (Å²) in [6.45, 7) is 0.655. The summed E-state index contributed by atoms with van der Waals surface area (Å²) in [4.78, 5) is 27.2. The molecule has 2 atom stereocenters. The Morgan fingerprint density at radius 2 is 1.72 bits per heavy atom. The highest BCUT2D eigenvalue weighted by Gasteiger charge is 2.35. The van der Waals surface area contributed by atoms with Gasteiger partial charge in [0.05, 0.1) is 0 Å². The molecule has 0 bridgehead atoms. The first-order valence-electron chi connectivity index (χ1n) is 10.9. The van der Waals surface area contributed by atoms with Crippen molar-refractivity contribution in [3.8, 4) is 11.1 Å². The number of hydrogen-bond acceptors (Lipinski definition) is 3. The fourth-order valence-corrected chi connectivity index (χ4v) is 4.50. The zero-order valence-electron chi connectivity index (χ0n) is 17.9. The quantitative estimate of drug-likeness (QED) is 0.336. The van der Waals surface area contributed by atoms with Crippen LogP contribution in [0.25, 0.3) is 11.1 Å². The molecule has 1 heterocycles. The Balaban J connectivity index is 1.50. The SMILES string of the molecule is N=C(N)c1cccc(CC(C=O)C2CCCN2C(=O)c2ccc(-c3ccccc3)cc2)c1. The summed E-state index contributed by atoms with van der Waals surface area (Å²) in [6, 6.07) is 25.0. The number of nitrogens with one attached hydrogen (secondary N) is 1. The fraction of sp³-hybridized carbons (Fsp3) is 0.222. The zero-order chi connectivity index (χ0) is 22.5. The lowest BCUT2D eigenvalue weighted by Gasteiger charge is -2.29. The van der Waals surface area contributed by atoms with Crippen LogP contribution < -0.4 is 5.73 Å². The molecule has 1 amide bonds. The lowest BCUT2D eigenvalue weighted by atomic mass is 9.90. The molecule has 3 N–H and O–H groups in total. The predicted octanol–water partition coefficient (Wildman–Crippen LogP) is 4.30. The van der Waals surface area contributed by atoms with E-state index < -0.39 is 0 Å². The van der Waals surface area contributed by atoms with Crippen LogP contribution in [0.3, 0.4) is 0 Å². The smallest absolute Gasteiger partial charge is 0.254 e. The monoisotopic (exact) mass is 425 g/mol. The molecule has 162 valence electrons. The maximum atomic E-state index is 13.3. The van der Waals surface area contributed by atoms with Crippen molar-refractivity contribution in [2.75, 3.05) is 6.54 Å². The maximum Gasteiger partial charge on any atom is 0.254 e. The molecule has 4 rings (SSSR count). The van der Waals surface area contributed by atoms with Gasteiger partial charge in [-0.05, 0) is 54.2 Å². The van der Waals surface area contributed by atoms with Crippen LogP contribution in [0.4, 0.5) is 0 Å². The Labute approximate surface area is 188 Å². The second kappa shape index (κ2) is 9.60. The molecule has 1 saturated heterocycles. The van der Waals surface area contributed by atoms with Gasteiger partial charge in [0.1, 0.15) is 12.1 Å². The van der Waals surface area contributed by atoms with E-state index in [1.165, 1.54) is 0 Å². The van der Waals surface area contributed by atoms with Gasteiger partial charge in [-0.3, -0.25) is 10.2 Å². The number of nitrogens with two attached hydrogens (primary N) is 1. The van der Waals surface area contributed by atoms with E-state index in [4.69, 9.17) is 11.1 Å². The molecule has 5 nitrogen and oxygen atoms in total. The van der Waals surface area contributed by atoms with Crippen molar-refractivity contribution in [1.82, 2.24) is 4.90 Å². The summed E-state index contributed by atoms with van der Waals surface area (Å²) in [5, 5.41) is 7.64. The van der Waals surface area contributed by atoms with Gasteiger partial charge >= 0.3 is 0 Å². The van der Waals surface area contributed by atoms with Gasteiger partial charge in [0.25, 0.3) is 5.91 Å². The topological polar surface area (TPSA) is 87.2 Å². The number of nitrogen functional groups attached to an aromatic ring is 1. The standard InChI is InChI=1S/C27H27N3O2/c28-26(29)23-9-4-6-19(16-23)17-24(18-31)25-10-5-15-30(25)27(32)22-13-11-21(12-14-22)20-7-2-1-3-8-20/h1-4,6-9,11-14,16,18,24-25H,5,10,15,17H2,(H3,28,29). The van der Waals surface area contributed by atoms with Crippen molar-refractivity contribution in [2.24, 2.45) is 11.7 Å². The second-order valence-corrected chi connectivity index (χ2v) is 8.27. The van der Waals surface area contributed by atoms with E-state index in [9.17, 15) is 9.59 Å². The Kier molecular flexibility index (Phi) is 6.45. The number of benzene rings is 3. The van der Waals surface area contributed by atoms with Crippen molar-refractivity contribution in [3.05, 3.63) is 95.6 Å². The van der Waals surface area contributed by atoms with Gasteiger partial charge in [-0.1, -0.05) is 60.7 Å². The number of likely N-dealkylation sites (tertiary alicyclic amines) is 1. The van der Waals surface area contributed by atoms with E-state index in [2.05, 4.69) is 0 Å². The number of carbonyl (C=O) groups is 2.